The zero-order valence-corrected chi connectivity index (χ0v) is 14.7. The number of halogens is 1. The summed E-state index contributed by atoms with van der Waals surface area (Å²) in [5.74, 6) is -0.540. The predicted octanol–water partition coefficient (Wildman–Crippen LogP) is 3.17. The fourth-order valence-electron chi connectivity index (χ4n) is 3.11. The smallest absolute Gasteiger partial charge is 0.273 e. The molecule has 0 spiro atoms. The van der Waals surface area contributed by atoms with Crippen LogP contribution in [0.15, 0.2) is 54.7 Å². The van der Waals surface area contributed by atoms with Gasteiger partial charge < -0.3 is 10.3 Å². The molecule has 2 N–H and O–H groups in total. The predicted molar refractivity (Wildman–Crippen MR) is 100 cm³/mol. The lowest BCUT2D eigenvalue weighted by Gasteiger charge is -2.05. The molecule has 0 aliphatic carbocycles. The maximum absolute atomic E-state index is 13.3. The fraction of sp³-hybridized carbons (Fsp3) is 0.150. The Bertz CT molecular complexity index is 1100. The number of nitrogens with one attached hydrogen (secondary N) is 2. The van der Waals surface area contributed by atoms with Gasteiger partial charge in [0.25, 0.3) is 5.91 Å². The summed E-state index contributed by atoms with van der Waals surface area (Å²) < 4.78 is 14.9. The Morgan fingerprint density at radius 1 is 1.22 bits per heavy atom. The Hall–Kier alpha value is -3.48. The van der Waals surface area contributed by atoms with E-state index in [9.17, 15) is 9.18 Å². The molecule has 0 fully saturated rings. The van der Waals surface area contributed by atoms with Crippen LogP contribution in [-0.4, -0.2) is 32.4 Å². The molecule has 0 aliphatic heterocycles. The van der Waals surface area contributed by atoms with Gasteiger partial charge in [0.15, 0.2) is 5.69 Å². The van der Waals surface area contributed by atoms with Crippen LogP contribution in [0.1, 0.15) is 21.7 Å². The average molecular weight is 363 g/mol. The molecule has 0 atom stereocenters. The summed E-state index contributed by atoms with van der Waals surface area (Å²) in [5.41, 5.74) is 3.61. The Labute approximate surface area is 155 Å². The number of aromatic nitrogens is 4. The Morgan fingerprint density at radius 2 is 2.04 bits per heavy atom. The quantitative estimate of drug-likeness (QED) is 0.572. The Kier molecular flexibility index (Phi) is 4.42. The second-order valence-electron chi connectivity index (χ2n) is 6.28. The minimum Gasteiger partial charge on any atom is -0.361 e. The standard InChI is InChI=1S/C20H18FN5O/c1-13-19(24-25-26(13)16-5-3-2-4-6-16)20(27)22-10-9-14-12-23-18-11-15(21)7-8-17(14)18/h2-8,11-12,23H,9-10H2,1H3,(H,22,27). The lowest BCUT2D eigenvalue weighted by molar-refractivity contribution is 0.0948. The molecular formula is C20H18FN5O. The molecule has 4 aromatic rings. The molecule has 2 aromatic carbocycles. The number of carbonyl (C=O) groups is 1. The lowest BCUT2D eigenvalue weighted by atomic mass is 10.1. The number of amides is 1. The van der Waals surface area contributed by atoms with E-state index < -0.39 is 0 Å². The summed E-state index contributed by atoms with van der Waals surface area (Å²) in [7, 11) is 0. The van der Waals surface area contributed by atoms with Crippen LogP contribution >= 0.6 is 0 Å². The molecule has 6 nitrogen and oxygen atoms in total. The van der Waals surface area contributed by atoms with E-state index in [1.54, 1.807) is 10.7 Å². The number of carbonyl (C=O) groups excluding carboxylic acids is 1. The minimum atomic E-state index is -0.277. The average Bonchev–Trinajstić information content (AvgIpc) is 3.25. The number of benzene rings is 2. The molecule has 0 saturated carbocycles. The second kappa shape index (κ2) is 7.03. The number of fused-ring (bicyclic) bond motifs is 1. The van der Waals surface area contributed by atoms with E-state index in [0.717, 1.165) is 22.2 Å². The molecule has 2 heterocycles. The first-order valence-corrected chi connectivity index (χ1v) is 8.65. The molecule has 7 heteroatoms. The third kappa shape index (κ3) is 3.31. The topological polar surface area (TPSA) is 75.6 Å². The van der Waals surface area contributed by atoms with Gasteiger partial charge in [0.1, 0.15) is 5.82 Å². The summed E-state index contributed by atoms with van der Waals surface area (Å²) in [6, 6.07) is 14.2. The number of aromatic amines is 1. The van der Waals surface area contributed by atoms with Gasteiger partial charge in [0, 0.05) is 23.6 Å². The summed E-state index contributed by atoms with van der Waals surface area (Å²) in [6.45, 7) is 2.26. The third-order valence-electron chi connectivity index (χ3n) is 4.52. The van der Waals surface area contributed by atoms with E-state index >= 15 is 0 Å². The summed E-state index contributed by atoms with van der Waals surface area (Å²) in [5, 5.41) is 11.9. The number of hydrogen-bond acceptors (Lipinski definition) is 3. The first-order chi connectivity index (χ1) is 13.1. The molecular weight excluding hydrogens is 345 g/mol. The molecule has 136 valence electrons. The van der Waals surface area contributed by atoms with E-state index in [1.807, 2.05) is 43.5 Å². The normalized spacial score (nSPS) is 11.0. The van der Waals surface area contributed by atoms with Crippen LogP contribution in [0.25, 0.3) is 16.6 Å². The van der Waals surface area contributed by atoms with Gasteiger partial charge in [-0.25, -0.2) is 9.07 Å². The maximum atomic E-state index is 13.3. The van der Waals surface area contributed by atoms with Gasteiger partial charge in [-0.2, -0.15) is 0 Å². The van der Waals surface area contributed by atoms with Crippen LogP contribution in [0.3, 0.4) is 0 Å². The molecule has 1 amide bonds. The number of para-hydroxylation sites is 1. The van der Waals surface area contributed by atoms with Crippen molar-refractivity contribution >= 4 is 16.8 Å². The molecule has 0 radical (unpaired) electrons. The Balaban J connectivity index is 1.43. The van der Waals surface area contributed by atoms with Gasteiger partial charge in [0.2, 0.25) is 0 Å². The monoisotopic (exact) mass is 363 g/mol. The van der Waals surface area contributed by atoms with Gasteiger partial charge >= 0.3 is 0 Å². The lowest BCUT2D eigenvalue weighted by Crippen LogP contribution is -2.26. The second-order valence-corrected chi connectivity index (χ2v) is 6.28. The minimum absolute atomic E-state index is 0.263. The van der Waals surface area contributed by atoms with Gasteiger partial charge in [-0.05, 0) is 49.2 Å². The van der Waals surface area contributed by atoms with Crippen LogP contribution in [0.5, 0.6) is 0 Å². The highest BCUT2D eigenvalue weighted by atomic mass is 19.1. The Morgan fingerprint density at radius 3 is 2.85 bits per heavy atom. The van der Waals surface area contributed by atoms with Crippen molar-refractivity contribution in [1.82, 2.24) is 25.3 Å². The van der Waals surface area contributed by atoms with Crippen molar-refractivity contribution in [3.63, 3.8) is 0 Å². The molecule has 0 aliphatic rings. The van der Waals surface area contributed by atoms with Crippen LogP contribution in [0, 0.1) is 12.7 Å². The molecule has 4 rings (SSSR count). The highest BCUT2D eigenvalue weighted by molar-refractivity contribution is 5.93. The van der Waals surface area contributed by atoms with Crippen molar-refractivity contribution in [2.45, 2.75) is 13.3 Å². The zero-order chi connectivity index (χ0) is 18.8. The molecule has 0 unspecified atom stereocenters. The van der Waals surface area contributed by atoms with Crippen LogP contribution in [0.4, 0.5) is 4.39 Å². The molecule has 0 bridgehead atoms. The van der Waals surface area contributed by atoms with Crippen molar-refractivity contribution in [3.05, 3.63) is 77.5 Å². The van der Waals surface area contributed by atoms with Crippen molar-refractivity contribution in [1.29, 1.82) is 0 Å². The van der Waals surface area contributed by atoms with Gasteiger partial charge in [0.05, 0.1) is 11.4 Å². The van der Waals surface area contributed by atoms with Crippen LogP contribution in [0.2, 0.25) is 0 Å². The van der Waals surface area contributed by atoms with Crippen molar-refractivity contribution < 1.29 is 9.18 Å². The zero-order valence-electron chi connectivity index (χ0n) is 14.7. The van der Waals surface area contributed by atoms with Gasteiger partial charge in [-0.1, -0.05) is 23.4 Å². The van der Waals surface area contributed by atoms with Crippen LogP contribution < -0.4 is 5.32 Å². The maximum Gasteiger partial charge on any atom is 0.273 e. The summed E-state index contributed by atoms with van der Waals surface area (Å²) >= 11 is 0. The van der Waals surface area contributed by atoms with E-state index in [4.69, 9.17) is 0 Å². The van der Waals surface area contributed by atoms with E-state index in [-0.39, 0.29) is 11.7 Å². The first-order valence-electron chi connectivity index (χ1n) is 8.65. The number of hydrogen-bond donors (Lipinski definition) is 2. The number of rotatable bonds is 5. The highest BCUT2D eigenvalue weighted by Crippen LogP contribution is 2.19. The van der Waals surface area contributed by atoms with Crippen molar-refractivity contribution in [2.75, 3.05) is 6.54 Å². The fourth-order valence-corrected chi connectivity index (χ4v) is 3.11. The van der Waals surface area contributed by atoms with E-state index in [1.165, 1.54) is 12.1 Å². The largest absolute Gasteiger partial charge is 0.361 e. The summed E-state index contributed by atoms with van der Waals surface area (Å²) in [4.78, 5) is 15.5. The van der Waals surface area contributed by atoms with Crippen LogP contribution in [-0.2, 0) is 6.42 Å². The van der Waals surface area contributed by atoms with E-state index in [0.29, 0.717) is 24.4 Å². The molecule has 0 saturated heterocycles. The first kappa shape index (κ1) is 17.0. The number of nitrogens with zero attached hydrogens (tertiary/aromatic N) is 3. The third-order valence-corrected chi connectivity index (χ3v) is 4.52. The van der Waals surface area contributed by atoms with Crippen molar-refractivity contribution in [2.24, 2.45) is 0 Å². The van der Waals surface area contributed by atoms with E-state index in [2.05, 4.69) is 20.6 Å². The highest BCUT2D eigenvalue weighted by Gasteiger charge is 2.17. The SMILES string of the molecule is Cc1c(C(=O)NCCc2c[nH]c3cc(F)ccc23)nnn1-c1ccccc1. The van der Waals surface area contributed by atoms with Crippen molar-refractivity contribution in [3.8, 4) is 5.69 Å². The molecule has 2 aromatic heterocycles. The van der Waals surface area contributed by atoms with Gasteiger partial charge in [-0.15, -0.1) is 5.10 Å². The summed E-state index contributed by atoms with van der Waals surface area (Å²) in [6.07, 6.45) is 2.47. The number of H-pyrrole nitrogens is 1. The molecule has 27 heavy (non-hydrogen) atoms. The van der Waals surface area contributed by atoms with Gasteiger partial charge in [-0.3, -0.25) is 4.79 Å².